The largest absolute Gasteiger partial charge is 0.314 e. The van der Waals surface area contributed by atoms with E-state index in [0.717, 1.165) is 18.5 Å². The molecule has 1 N–H and O–H groups in total. The molecule has 1 rings (SSSR count). The standard InChI is InChI=1S/C14H30N2/c1-6-15-13-7-9-16(10-8-13)11-14(4,5)12(2)3/h12-13,15H,6-11H2,1-5H3. The summed E-state index contributed by atoms with van der Waals surface area (Å²) >= 11 is 0. The summed E-state index contributed by atoms with van der Waals surface area (Å²) in [6.45, 7) is 16.6. The van der Waals surface area contributed by atoms with Crippen LogP contribution in [0.2, 0.25) is 0 Å². The summed E-state index contributed by atoms with van der Waals surface area (Å²) in [6.07, 6.45) is 2.64. The molecule has 0 atom stereocenters. The maximum absolute atomic E-state index is 3.56. The molecule has 0 saturated carbocycles. The maximum Gasteiger partial charge on any atom is 0.00912 e. The van der Waals surface area contributed by atoms with Crippen molar-refractivity contribution >= 4 is 0 Å². The van der Waals surface area contributed by atoms with Crippen molar-refractivity contribution in [2.75, 3.05) is 26.2 Å². The van der Waals surface area contributed by atoms with Crippen LogP contribution in [0.4, 0.5) is 0 Å². The van der Waals surface area contributed by atoms with E-state index in [2.05, 4.69) is 44.8 Å². The van der Waals surface area contributed by atoms with Crippen LogP contribution >= 0.6 is 0 Å². The molecular formula is C14H30N2. The van der Waals surface area contributed by atoms with Gasteiger partial charge in [0.25, 0.3) is 0 Å². The Bertz CT molecular complexity index is 191. The van der Waals surface area contributed by atoms with Gasteiger partial charge in [0.2, 0.25) is 0 Å². The Morgan fingerprint density at radius 2 is 1.81 bits per heavy atom. The summed E-state index contributed by atoms with van der Waals surface area (Å²) in [5, 5.41) is 3.56. The molecule has 1 fully saturated rings. The van der Waals surface area contributed by atoms with Crippen molar-refractivity contribution in [1.29, 1.82) is 0 Å². The molecule has 0 aromatic rings. The molecular weight excluding hydrogens is 196 g/mol. The van der Waals surface area contributed by atoms with E-state index < -0.39 is 0 Å². The second-order valence-corrected chi connectivity index (χ2v) is 6.25. The van der Waals surface area contributed by atoms with Gasteiger partial charge >= 0.3 is 0 Å². The second-order valence-electron chi connectivity index (χ2n) is 6.25. The summed E-state index contributed by atoms with van der Waals surface area (Å²) in [5.41, 5.74) is 0.449. The van der Waals surface area contributed by atoms with Gasteiger partial charge in [0, 0.05) is 12.6 Å². The lowest BCUT2D eigenvalue weighted by Gasteiger charge is -2.39. The summed E-state index contributed by atoms with van der Waals surface area (Å²) in [6, 6.07) is 0.767. The zero-order valence-corrected chi connectivity index (χ0v) is 11.8. The van der Waals surface area contributed by atoms with Gasteiger partial charge in [0.15, 0.2) is 0 Å². The van der Waals surface area contributed by atoms with Crippen molar-refractivity contribution in [2.45, 2.75) is 53.5 Å². The number of rotatable bonds is 5. The Morgan fingerprint density at radius 3 is 2.25 bits per heavy atom. The molecule has 0 aromatic heterocycles. The molecule has 1 heterocycles. The summed E-state index contributed by atoms with van der Waals surface area (Å²) in [4.78, 5) is 2.65. The minimum absolute atomic E-state index is 0.449. The Morgan fingerprint density at radius 1 is 1.25 bits per heavy atom. The quantitative estimate of drug-likeness (QED) is 0.775. The van der Waals surface area contributed by atoms with Crippen molar-refractivity contribution in [1.82, 2.24) is 10.2 Å². The van der Waals surface area contributed by atoms with E-state index in [1.165, 1.54) is 32.5 Å². The number of piperidine rings is 1. The van der Waals surface area contributed by atoms with Crippen molar-refractivity contribution < 1.29 is 0 Å². The van der Waals surface area contributed by atoms with Crippen LogP contribution in [0.3, 0.4) is 0 Å². The number of hydrogen-bond donors (Lipinski definition) is 1. The summed E-state index contributed by atoms with van der Waals surface area (Å²) in [5.74, 6) is 0.763. The van der Waals surface area contributed by atoms with Gasteiger partial charge in [0.05, 0.1) is 0 Å². The average Bonchev–Trinajstić information content (AvgIpc) is 2.21. The fraction of sp³-hybridized carbons (Fsp3) is 1.00. The third-order valence-corrected chi connectivity index (χ3v) is 4.27. The monoisotopic (exact) mass is 226 g/mol. The summed E-state index contributed by atoms with van der Waals surface area (Å²) in [7, 11) is 0. The van der Waals surface area contributed by atoms with Gasteiger partial charge in [-0.3, -0.25) is 0 Å². The highest BCUT2D eigenvalue weighted by Gasteiger charge is 2.27. The van der Waals surface area contributed by atoms with Crippen LogP contribution in [-0.4, -0.2) is 37.1 Å². The molecule has 0 aliphatic carbocycles. The Labute approximate surface area is 102 Å². The smallest absolute Gasteiger partial charge is 0.00912 e. The minimum atomic E-state index is 0.449. The van der Waals surface area contributed by atoms with Gasteiger partial charge in [-0.05, 0) is 43.8 Å². The number of nitrogens with zero attached hydrogens (tertiary/aromatic N) is 1. The van der Waals surface area contributed by atoms with Gasteiger partial charge in [0.1, 0.15) is 0 Å². The lowest BCUT2D eigenvalue weighted by molar-refractivity contribution is 0.107. The highest BCUT2D eigenvalue weighted by molar-refractivity contribution is 4.82. The van der Waals surface area contributed by atoms with Crippen LogP contribution in [0.5, 0.6) is 0 Å². The van der Waals surface area contributed by atoms with Gasteiger partial charge in [-0.15, -0.1) is 0 Å². The van der Waals surface area contributed by atoms with Crippen LogP contribution < -0.4 is 5.32 Å². The van der Waals surface area contributed by atoms with E-state index in [4.69, 9.17) is 0 Å². The zero-order chi connectivity index (χ0) is 12.2. The lowest BCUT2D eigenvalue weighted by Crippen LogP contribution is -2.46. The van der Waals surface area contributed by atoms with Gasteiger partial charge < -0.3 is 10.2 Å². The van der Waals surface area contributed by atoms with Crippen LogP contribution in [0, 0.1) is 11.3 Å². The van der Waals surface area contributed by atoms with Crippen molar-refractivity contribution in [3.05, 3.63) is 0 Å². The number of likely N-dealkylation sites (tertiary alicyclic amines) is 1. The van der Waals surface area contributed by atoms with Gasteiger partial charge in [-0.2, -0.15) is 0 Å². The Hall–Kier alpha value is -0.0800. The molecule has 16 heavy (non-hydrogen) atoms. The molecule has 0 radical (unpaired) electrons. The Balaban J connectivity index is 2.32. The zero-order valence-electron chi connectivity index (χ0n) is 11.8. The third kappa shape index (κ3) is 4.06. The van der Waals surface area contributed by atoms with Crippen LogP contribution in [0.25, 0.3) is 0 Å². The van der Waals surface area contributed by atoms with Crippen molar-refractivity contribution in [3.63, 3.8) is 0 Å². The lowest BCUT2D eigenvalue weighted by atomic mass is 9.80. The highest BCUT2D eigenvalue weighted by atomic mass is 15.1. The van der Waals surface area contributed by atoms with E-state index in [1.807, 2.05) is 0 Å². The molecule has 0 amide bonds. The average molecular weight is 226 g/mol. The second kappa shape index (κ2) is 6.02. The molecule has 0 aromatic carbocycles. The molecule has 2 heteroatoms. The minimum Gasteiger partial charge on any atom is -0.314 e. The third-order valence-electron chi connectivity index (χ3n) is 4.27. The predicted molar refractivity (Wildman–Crippen MR) is 71.8 cm³/mol. The first-order chi connectivity index (χ1) is 7.45. The van der Waals surface area contributed by atoms with Crippen molar-refractivity contribution in [2.24, 2.45) is 11.3 Å². The molecule has 96 valence electrons. The molecule has 1 saturated heterocycles. The van der Waals surface area contributed by atoms with Crippen LogP contribution in [0.15, 0.2) is 0 Å². The first-order valence-corrected chi connectivity index (χ1v) is 6.91. The molecule has 0 spiro atoms. The van der Waals surface area contributed by atoms with Gasteiger partial charge in [-0.25, -0.2) is 0 Å². The first-order valence-electron chi connectivity index (χ1n) is 6.91. The molecule has 0 bridgehead atoms. The van der Waals surface area contributed by atoms with E-state index in [1.54, 1.807) is 0 Å². The van der Waals surface area contributed by atoms with E-state index in [9.17, 15) is 0 Å². The summed E-state index contributed by atoms with van der Waals surface area (Å²) < 4.78 is 0. The fourth-order valence-electron chi connectivity index (χ4n) is 2.34. The molecule has 0 unspecified atom stereocenters. The van der Waals surface area contributed by atoms with Crippen LogP contribution in [-0.2, 0) is 0 Å². The Kier molecular flexibility index (Phi) is 5.26. The highest BCUT2D eigenvalue weighted by Crippen LogP contribution is 2.28. The van der Waals surface area contributed by atoms with E-state index in [0.29, 0.717) is 5.41 Å². The SMILES string of the molecule is CCNC1CCN(CC(C)(C)C(C)C)CC1. The first kappa shape index (κ1) is 14.0. The van der Waals surface area contributed by atoms with Gasteiger partial charge in [-0.1, -0.05) is 34.6 Å². The molecule has 2 nitrogen and oxygen atoms in total. The topological polar surface area (TPSA) is 15.3 Å². The normalized spacial score (nSPS) is 20.6. The van der Waals surface area contributed by atoms with E-state index >= 15 is 0 Å². The number of hydrogen-bond acceptors (Lipinski definition) is 2. The number of nitrogens with one attached hydrogen (secondary N) is 1. The predicted octanol–water partition coefficient (Wildman–Crippen LogP) is 2.74. The molecule has 1 aliphatic heterocycles. The van der Waals surface area contributed by atoms with Crippen LogP contribution in [0.1, 0.15) is 47.5 Å². The maximum atomic E-state index is 3.56. The molecule has 1 aliphatic rings. The van der Waals surface area contributed by atoms with E-state index in [-0.39, 0.29) is 0 Å². The fourth-order valence-corrected chi connectivity index (χ4v) is 2.34. The van der Waals surface area contributed by atoms with Crippen molar-refractivity contribution in [3.8, 4) is 0 Å².